The SMILES string of the molecule is F[B-](F)(F)C1=CCC2(COC2)OC1.[K+]. The molecule has 0 bridgehead atoms. The molecule has 0 atom stereocenters. The van der Waals surface area contributed by atoms with Crippen molar-refractivity contribution in [2.24, 2.45) is 0 Å². The van der Waals surface area contributed by atoms with Crippen LogP contribution in [0.4, 0.5) is 12.9 Å². The Bertz CT molecular complexity index is 250. The van der Waals surface area contributed by atoms with Crippen molar-refractivity contribution in [1.29, 1.82) is 0 Å². The van der Waals surface area contributed by atoms with Gasteiger partial charge in [-0.05, 0) is 6.42 Å². The summed E-state index contributed by atoms with van der Waals surface area (Å²) in [6.45, 7) is -4.34. The third-order valence-corrected chi connectivity index (χ3v) is 2.43. The molecule has 2 aliphatic heterocycles. The summed E-state index contributed by atoms with van der Waals surface area (Å²) in [6.07, 6.45) is 1.57. The number of halogens is 3. The molecule has 2 aliphatic rings. The van der Waals surface area contributed by atoms with E-state index in [0.29, 0.717) is 19.6 Å². The molecule has 74 valence electrons. The van der Waals surface area contributed by atoms with Crippen molar-refractivity contribution in [3.63, 3.8) is 0 Å². The second-order valence-corrected chi connectivity index (χ2v) is 3.52. The van der Waals surface area contributed by atoms with Gasteiger partial charge in [-0.1, -0.05) is 0 Å². The van der Waals surface area contributed by atoms with Crippen molar-refractivity contribution in [2.45, 2.75) is 12.0 Å². The second-order valence-electron chi connectivity index (χ2n) is 3.52. The Labute approximate surface area is 123 Å². The van der Waals surface area contributed by atoms with Crippen LogP contribution in [0.5, 0.6) is 0 Å². The minimum absolute atomic E-state index is 0. The summed E-state index contributed by atoms with van der Waals surface area (Å²) in [5.41, 5.74) is -0.956. The average molecular weight is 232 g/mol. The van der Waals surface area contributed by atoms with E-state index in [9.17, 15) is 12.9 Å². The van der Waals surface area contributed by atoms with E-state index in [0.717, 1.165) is 0 Å². The Morgan fingerprint density at radius 3 is 2.21 bits per heavy atom. The van der Waals surface area contributed by atoms with E-state index in [1.807, 2.05) is 0 Å². The molecule has 0 aromatic carbocycles. The summed E-state index contributed by atoms with van der Waals surface area (Å²) >= 11 is 0. The maximum absolute atomic E-state index is 12.2. The number of hydrogen-bond acceptors (Lipinski definition) is 2. The molecule has 14 heavy (non-hydrogen) atoms. The fourth-order valence-corrected chi connectivity index (χ4v) is 1.43. The van der Waals surface area contributed by atoms with Crippen LogP contribution < -0.4 is 51.4 Å². The van der Waals surface area contributed by atoms with Gasteiger partial charge in [-0.15, -0.1) is 11.5 Å². The van der Waals surface area contributed by atoms with Crippen LogP contribution in [0.2, 0.25) is 0 Å². The standard InChI is InChI=1S/C7H9BF3O2.K/c9-8(10,11)6-1-2-7(13-3-6)4-12-5-7;/h1H,2-5H2;/q-1;+1. The van der Waals surface area contributed by atoms with E-state index in [4.69, 9.17) is 9.47 Å². The topological polar surface area (TPSA) is 18.5 Å². The first-order valence-corrected chi connectivity index (χ1v) is 4.12. The Morgan fingerprint density at radius 1 is 1.29 bits per heavy atom. The smallest absolute Gasteiger partial charge is 0.445 e. The summed E-state index contributed by atoms with van der Waals surface area (Å²) in [5, 5.41) is 0. The van der Waals surface area contributed by atoms with Gasteiger partial charge in [-0.25, -0.2) is 0 Å². The Balaban J connectivity index is 0.000000980. The van der Waals surface area contributed by atoms with Crippen molar-refractivity contribution in [2.75, 3.05) is 19.8 Å². The van der Waals surface area contributed by atoms with E-state index in [-0.39, 0.29) is 58.0 Å². The molecule has 2 rings (SSSR count). The van der Waals surface area contributed by atoms with Crippen LogP contribution in [0.3, 0.4) is 0 Å². The van der Waals surface area contributed by atoms with E-state index in [2.05, 4.69) is 0 Å². The minimum atomic E-state index is -4.86. The largest absolute Gasteiger partial charge is 1.00 e. The van der Waals surface area contributed by atoms with Gasteiger partial charge in [0.25, 0.3) is 0 Å². The van der Waals surface area contributed by atoms with Crippen LogP contribution in [0, 0.1) is 0 Å². The van der Waals surface area contributed by atoms with Crippen LogP contribution in [-0.4, -0.2) is 32.4 Å². The molecule has 0 aromatic heterocycles. The summed E-state index contributed by atoms with van der Waals surface area (Å²) < 4.78 is 46.6. The molecule has 1 fully saturated rings. The van der Waals surface area contributed by atoms with Gasteiger partial charge >= 0.3 is 58.4 Å². The minimum Gasteiger partial charge on any atom is -0.445 e. The van der Waals surface area contributed by atoms with E-state index in [1.54, 1.807) is 0 Å². The maximum Gasteiger partial charge on any atom is 1.00 e. The number of ether oxygens (including phenoxy) is 2. The van der Waals surface area contributed by atoms with Gasteiger partial charge in [0, 0.05) is 6.61 Å². The normalized spacial score (nSPS) is 24.9. The predicted molar refractivity (Wildman–Crippen MR) is 41.3 cm³/mol. The molecular formula is C7H9BF3KO2. The summed E-state index contributed by atoms with van der Waals surface area (Å²) in [7, 11) is 0. The van der Waals surface area contributed by atoms with Gasteiger partial charge in [-0.3, -0.25) is 0 Å². The molecule has 0 N–H and O–H groups in total. The first-order chi connectivity index (χ1) is 6.02. The molecule has 0 saturated carbocycles. The van der Waals surface area contributed by atoms with E-state index >= 15 is 0 Å². The van der Waals surface area contributed by atoms with Crippen molar-refractivity contribution < 1.29 is 73.8 Å². The Morgan fingerprint density at radius 2 is 1.93 bits per heavy atom. The van der Waals surface area contributed by atoms with Crippen LogP contribution >= 0.6 is 0 Å². The average Bonchev–Trinajstić information content (AvgIpc) is 2.00. The fraction of sp³-hybridized carbons (Fsp3) is 0.714. The molecule has 2 nitrogen and oxygen atoms in total. The van der Waals surface area contributed by atoms with Gasteiger partial charge in [0.2, 0.25) is 0 Å². The molecule has 0 aliphatic carbocycles. The van der Waals surface area contributed by atoms with E-state index < -0.39 is 18.1 Å². The van der Waals surface area contributed by atoms with Crippen LogP contribution in [0.1, 0.15) is 6.42 Å². The first kappa shape index (κ1) is 13.2. The first-order valence-electron chi connectivity index (χ1n) is 4.12. The second kappa shape index (κ2) is 4.57. The molecule has 1 spiro atoms. The third kappa shape index (κ3) is 2.63. The van der Waals surface area contributed by atoms with E-state index in [1.165, 1.54) is 6.08 Å². The monoisotopic (exact) mass is 232 g/mol. The summed E-state index contributed by atoms with van der Waals surface area (Å²) in [6, 6.07) is 0. The zero-order chi connectivity index (χ0) is 9.53. The third-order valence-electron chi connectivity index (χ3n) is 2.43. The predicted octanol–water partition coefficient (Wildman–Crippen LogP) is -1.51. The van der Waals surface area contributed by atoms with Crippen molar-refractivity contribution in [3.8, 4) is 0 Å². The zero-order valence-corrected chi connectivity index (χ0v) is 11.1. The molecule has 0 amide bonds. The van der Waals surface area contributed by atoms with Gasteiger partial charge in [-0.2, -0.15) is 0 Å². The molecule has 0 aromatic rings. The van der Waals surface area contributed by atoms with Crippen LogP contribution in [-0.2, 0) is 9.47 Å². The quantitative estimate of drug-likeness (QED) is 0.512. The summed E-state index contributed by atoms with van der Waals surface area (Å²) in [5.74, 6) is 0. The number of hydrogen-bond donors (Lipinski definition) is 0. The Kier molecular flexibility index (Phi) is 4.31. The maximum atomic E-state index is 12.2. The summed E-state index contributed by atoms with van der Waals surface area (Å²) in [4.78, 5) is 0. The van der Waals surface area contributed by atoms with Crippen LogP contribution in [0.25, 0.3) is 0 Å². The van der Waals surface area contributed by atoms with Crippen molar-refractivity contribution in [3.05, 3.63) is 11.5 Å². The van der Waals surface area contributed by atoms with Gasteiger partial charge in [0.1, 0.15) is 5.60 Å². The van der Waals surface area contributed by atoms with Crippen molar-refractivity contribution in [1.82, 2.24) is 0 Å². The molecule has 7 heteroatoms. The molecule has 2 heterocycles. The Hall–Kier alpha value is 1.15. The van der Waals surface area contributed by atoms with Gasteiger partial charge < -0.3 is 22.4 Å². The zero-order valence-electron chi connectivity index (χ0n) is 7.93. The molecule has 0 unspecified atom stereocenters. The van der Waals surface area contributed by atoms with Gasteiger partial charge in [0.15, 0.2) is 0 Å². The number of rotatable bonds is 1. The fourth-order valence-electron chi connectivity index (χ4n) is 1.43. The van der Waals surface area contributed by atoms with Gasteiger partial charge in [0.05, 0.1) is 13.2 Å². The van der Waals surface area contributed by atoms with Crippen LogP contribution in [0.15, 0.2) is 11.5 Å². The molecule has 1 saturated heterocycles. The molecule has 0 radical (unpaired) electrons. The van der Waals surface area contributed by atoms with Crippen molar-refractivity contribution >= 4 is 6.98 Å². The molecular weight excluding hydrogens is 223 g/mol.